The van der Waals surface area contributed by atoms with E-state index in [2.05, 4.69) is 91.1 Å². The van der Waals surface area contributed by atoms with E-state index in [4.69, 9.17) is 41.2 Å². The molecule has 0 aliphatic carbocycles. The van der Waals surface area contributed by atoms with Crippen LogP contribution in [-0.4, -0.2) is 46.9 Å². The maximum absolute atomic E-state index is 8.36. The predicted octanol–water partition coefficient (Wildman–Crippen LogP) is 15.4. The molecule has 0 unspecified atom stereocenters. The molecule has 0 radical (unpaired) electrons. The maximum atomic E-state index is 8.36. The summed E-state index contributed by atoms with van der Waals surface area (Å²) < 4.78 is 27.8. The van der Waals surface area contributed by atoms with Crippen molar-refractivity contribution in [3.63, 3.8) is 0 Å². The molecule has 8 nitrogen and oxygen atoms in total. The Balaban J connectivity index is 1.52. The fourth-order valence-corrected chi connectivity index (χ4v) is 9.18. The van der Waals surface area contributed by atoms with Gasteiger partial charge < -0.3 is 5.73 Å². The van der Waals surface area contributed by atoms with Crippen LogP contribution in [-0.2, 0) is 17.9 Å². The van der Waals surface area contributed by atoms with Crippen LogP contribution in [0.3, 0.4) is 0 Å². The number of hydrogen-bond acceptors (Lipinski definition) is 6. The summed E-state index contributed by atoms with van der Waals surface area (Å²) in [6.07, 6.45) is 29.4. The second-order valence-corrected chi connectivity index (χ2v) is 18.9. The van der Waals surface area contributed by atoms with Gasteiger partial charge in [-0.3, -0.25) is 18.4 Å². The Kier molecular flexibility index (Phi) is 22.6. The zero-order valence-electron chi connectivity index (χ0n) is 39.4. The van der Waals surface area contributed by atoms with Gasteiger partial charge in [0.25, 0.3) is 0 Å². The Morgan fingerprint density at radius 2 is 1.09 bits per heavy atom. The molecule has 65 heavy (non-hydrogen) atoms. The molecule has 0 saturated carbocycles. The van der Waals surface area contributed by atoms with Crippen molar-refractivity contribution in [2.45, 2.75) is 130 Å². The van der Waals surface area contributed by atoms with E-state index in [0.717, 1.165) is 149 Å². The molecule has 3 heterocycles. The van der Waals surface area contributed by atoms with Gasteiger partial charge in [0.1, 0.15) is 0 Å². The van der Waals surface area contributed by atoms with Crippen molar-refractivity contribution in [2.24, 2.45) is 9.98 Å². The Morgan fingerprint density at radius 1 is 0.615 bits per heavy atom. The summed E-state index contributed by atoms with van der Waals surface area (Å²) >= 11 is 4.45. The van der Waals surface area contributed by atoms with Crippen molar-refractivity contribution in [2.75, 3.05) is 26.4 Å². The van der Waals surface area contributed by atoms with Gasteiger partial charge in [-0.1, -0.05) is 78.9 Å². The second-order valence-electron chi connectivity index (χ2n) is 16.6. The summed E-state index contributed by atoms with van der Waals surface area (Å²) in [6.45, 7) is 17.2. The van der Waals surface area contributed by atoms with Gasteiger partial charge in [-0.25, -0.2) is 0 Å². The van der Waals surface area contributed by atoms with E-state index in [9.17, 15) is 0 Å². The van der Waals surface area contributed by atoms with E-state index in [-0.39, 0.29) is 5.70 Å². The number of halogens is 1. The first-order valence-electron chi connectivity index (χ1n) is 24.2. The van der Waals surface area contributed by atoms with Crippen molar-refractivity contribution < 1.29 is 36.8 Å². The van der Waals surface area contributed by atoms with E-state index in [1.54, 1.807) is 0 Å². The van der Waals surface area contributed by atoms with Crippen LogP contribution in [0.15, 0.2) is 110 Å². The molecule has 2 aliphatic heterocycles. The van der Waals surface area contributed by atoms with E-state index < -0.39 is 0 Å². The predicted molar refractivity (Wildman–Crippen MR) is 273 cm³/mol. The first kappa shape index (κ1) is 51.5. The number of unbranched alkanes of at least 4 members (excludes halogenated alkanes) is 12. The minimum atomic E-state index is 0.154. The monoisotopic (exact) mass is 992 g/mol. The summed E-state index contributed by atoms with van der Waals surface area (Å²) in [7, 11) is 0. The number of ether oxygens (including phenoxy) is 4. The van der Waals surface area contributed by atoms with Crippen LogP contribution in [0.4, 0.5) is 0 Å². The van der Waals surface area contributed by atoms with Crippen LogP contribution in [0.5, 0.6) is 23.0 Å². The van der Waals surface area contributed by atoms with Crippen LogP contribution in [0.1, 0.15) is 153 Å². The van der Waals surface area contributed by atoms with E-state index in [0.29, 0.717) is 42.3 Å². The fraction of sp³-hybridized carbons (Fsp3) is 0.436. The number of nitrogens with one attached hydrogen (secondary N) is 2. The molecule has 0 saturated heterocycles. The Morgan fingerprint density at radius 3 is 1.57 bits per heavy atom. The summed E-state index contributed by atoms with van der Waals surface area (Å²) in [5, 5.41) is 0. The molecule has 0 bridgehead atoms. The van der Waals surface area contributed by atoms with Crippen LogP contribution in [0, 0.1) is 6.58 Å². The molecule has 3 aromatic rings. The van der Waals surface area contributed by atoms with Gasteiger partial charge in [0.05, 0.1) is 13.2 Å². The summed E-state index contributed by atoms with van der Waals surface area (Å²) in [5.74, 6) is 3.21. The average molecular weight is 995 g/mol. The third-order valence-corrected chi connectivity index (χ3v) is 13.7. The minimum absolute atomic E-state index is 0.154. The number of aromatic nitrogens is 1. The zero-order valence-corrected chi connectivity index (χ0v) is 44.0. The topological polar surface area (TPSA) is 101 Å². The van der Waals surface area contributed by atoms with Crippen molar-refractivity contribution in [3.8, 4) is 23.0 Å². The normalized spacial score (nSPS) is 15.0. The summed E-state index contributed by atoms with van der Waals surface area (Å²) in [5.41, 5.74) is 16.0. The number of rotatable bonds is 31. The molecular formula is C55H69BrN4O4Zn-2. The SMILES string of the molecule is [CH-]=C/C([NH-])=C(\Br)C1=N/C(=C(\c2ccc(C=C3C=CC([C](=[Zn])c4c(OCCCCCC)cccc4OCCCCCC)=N3)[nH]2)c2c(OCCCCCC)cccc2OCCCCCC)C=C1. The zero-order chi connectivity index (χ0) is 46.2. The number of allylic oxidation sites excluding steroid dienone is 6. The number of H-pyrrole nitrogens is 1. The molecule has 5 rings (SSSR count). The van der Waals surface area contributed by atoms with Crippen LogP contribution >= 0.6 is 15.9 Å². The molecule has 1 aromatic heterocycles. The van der Waals surface area contributed by atoms with E-state index >= 15 is 0 Å². The van der Waals surface area contributed by atoms with E-state index in [1.165, 1.54) is 44.6 Å². The van der Waals surface area contributed by atoms with Crippen molar-refractivity contribution in [3.05, 3.63) is 135 Å². The molecule has 2 N–H and O–H groups in total. The van der Waals surface area contributed by atoms with Crippen LogP contribution < -0.4 is 18.9 Å². The molecule has 0 fully saturated rings. The van der Waals surface area contributed by atoms with Crippen molar-refractivity contribution in [1.82, 2.24) is 4.98 Å². The Hall–Kier alpha value is -4.53. The van der Waals surface area contributed by atoms with Gasteiger partial charge in [0.2, 0.25) is 0 Å². The van der Waals surface area contributed by atoms with Gasteiger partial charge in [-0.2, -0.15) is 0 Å². The number of nitrogens with zero attached hydrogens (tertiary/aromatic N) is 2. The number of aromatic amines is 1. The van der Waals surface area contributed by atoms with Crippen LogP contribution in [0.2, 0.25) is 0 Å². The third kappa shape index (κ3) is 15.5. The summed E-state index contributed by atoms with van der Waals surface area (Å²) in [4.78, 5) is 13.9. The summed E-state index contributed by atoms with van der Waals surface area (Å²) in [6, 6.07) is 16.4. The molecule has 2 aliphatic rings. The second kappa shape index (κ2) is 28.5. The van der Waals surface area contributed by atoms with Gasteiger partial charge >= 0.3 is 281 Å². The molecule has 10 heteroatoms. The van der Waals surface area contributed by atoms with Crippen molar-refractivity contribution in [1.29, 1.82) is 0 Å². The first-order valence-corrected chi connectivity index (χ1v) is 26.4. The Bertz CT molecular complexity index is 2200. The standard InChI is InChI=1S/C55H69BrN4O4.Zn/c1-6-11-15-19-35-61-49-25-23-26-50(62-36-20-16-12-7-2)44(49)40-43-30-29-41(58-43)39-42-31-32-46(59-42)53(47-33-34-48(60-47)55(56)45(57)10-5)54-51(63-37-21-17-13-8-3)27-24-28-52(54)64-38-22-18-14-9-4;/h5,10,23-34,39,57,59H,6-9,11-22,35-38H2,1-4H3;/q-2;/b41-39?,53-47+,55-45+;. The van der Waals surface area contributed by atoms with Crippen molar-refractivity contribution >= 4 is 43.1 Å². The first-order chi connectivity index (χ1) is 31.8. The molecular weight excluding hydrogens is 926 g/mol. The molecule has 2 aromatic carbocycles. The molecule has 0 spiro atoms. The molecule has 344 valence electrons. The van der Waals surface area contributed by atoms with Gasteiger partial charge in [0, 0.05) is 0 Å². The van der Waals surface area contributed by atoms with Gasteiger partial charge in [-0.05, 0) is 12.8 Å². The number of aliphatic imine (C=N–C) groups is 2. The third-order valence-electron chi connectivity index (χ3n) is 11.3. The quantitative estimate of drug-likeness (QED) is 0.0300. The number of hydrogen-bond donors (Lipinski definition) is 1. The molecule has 0 atom stereocenters. The van der Waals surface area contributed by atoms with Gasteiger partial charge in [0.15, 0.2) is 0 Å². The average Bonchev–Trinajstić information content (AvgIpc) is 4.12. The Labute approximate surface area is 407 Å². The fourth-order valence-electron chi connectivity index (χ4n) is 7.68. The number of benzene rings is 2. The molecule has 0 amide bonds. The van der Waals surface area contributed by atoms with E-state index in [1.807, 2.05) is 36.4 Å². The van der Waals surface area contributed by atoms with Crippen LogP contribution in [0.25, 0.3) is 17.4 Å². The van der Waals surface area contributed by atoms with Gasteiger partial charge in [-0.15, -0.1) is 0 Å².